The fourth-order valence-corrected chi connectivity index (χ4v) is 4.82. The Morgan fingerprint density at radius 1 is 1.19 bits per heavy atom. The van der Waals surface area contributed by atoms with Gasteiger partial charge in [0.2, 0.25) is 5.91 Å². The standard InChI is InChI=1S/C23H21N5O4/c1-23(2)21-17(16-8-3-4-9-18(16)25-21)11-19-22(30)26(13-20(29)27(19)23)24-12-14-6-5-7-15(10-14)28(31)32/h3-10,12,19,25H,11,13H2,1-2H3/b24-12-/t19-/m0/s1. The molecule has 0 saturated carbocycles. The number of nitro benzene ring substituents is 1. The van der Waals surface area contributed by atoms with Gasteiger partial charge in [-0.1, -0.05) is 30.3 Å². The molecule has 3 aromatic rings. The molecular weight excluding hydrogens is 410 g/mol. The molecule has 2 amide bonds. The van der Waals surface area contributed by atoms with Gasteiger partial charge in [-0.2, -0.15) is 5.10 Å². The van der Waals surface area contributed by atoms with Crippen LogP contribution in [0.15, 0.2) is 53.6 Å². The molecule has 0 unspecified atom stereocenters. The predicted molar refractivity (Wildman–Crippen MR) is 118 cm³/mol. The van der Waals surface area contributed by atoms with Gasteiger partial charge < -0.3 is 9.88 Å². The number of nitrogens with one attached hydrogen (secondary N) is 1. The van der Waals surface area contributed by atoms with Gasteiger partial charge in [-0.15, -0.1) is 0 Å². The minimum Gasteiger partial charge on any atom is -0.356 e. The lowest BCUT2D eigenvalue weighted by Crippen LogP contribution is -2.66. The summed E-state index contributed by atoms with van der Waals surface area (Å²) in [6, 6.07) is 13.2. The van der Waals surface area contributed by atoms with Gasteiger partial charge in [0, 0.05) is 40.7 Å². The van der Waals surface area contributed by atoms with Gasteiger partial charge in [-0.25, -0.2) is 5.01 Å². The van der Waals surface area contributed by atoms with E-state index in [1.165, 1.54) is 18.3 Å². The number of hydrazone groups is 1. The molecule has 162 valence electrons. The number of carbonyl (C=O) groups excluding carboxylic acids is 2. The minimum atomic E-state index is -0.681. The largest absolute Gasteiger partial charge is 0.356 e. The SMILES string of the molecule is CC1(C)c2[nH]c3ccccc3c2C[C@H]2C(=O)N(/N=C\c3cccc([N+](=O)[O-])c3)CC(=O)N21. The van der Waals surface area contributed by atoms with Crippen LogP contribution >= 0.6 is 0 Å². The van der Waals surface area contributed by atoms with Crippen molar-refractivity contribution in [2.24, 2.45) is 5.10 Å². The van der Waals surface area contributed by atoms with E-state index in [9.17, 15) is 19.7 Å². The number of piperazine rings is 1. The average Bonchev–Trinajstić information content (AvgIpc) is 3.15. The molecule has 9 nitrogen and oxygen atoms in total. The van der Waals surface area contributed by atoms with Crippen molar-refractivity contribution in [3.8, 4) is 0 Å². The number of para-hydroxylation sites is 1. The Morgan fingerprint density at radius 2 is 1.97 bits per heavy atom. The summed E-state index contributed by atoms with van der Waals surface area (Å²) in [6.45, 7) is 3.71. The molecule has 5 rings (SSSR count). The molecule has 0 spiro atoms. The topological polar surface area (TPSA) is 112 Å². The van der Waals surface area contributed by atoms with Crippen LogP contribution in [0.25, 0.3) is 10.9 Å². The third kappa shape index (κ3) is 2.96. The zero-order valence-corrected chi connectivity index (χ0v) is 17.6. The van der Waals surface area contributed by atoms with Crippen molar-refractivity contribution < 1.29 is 14.5 Å². The molecule has 2 aliphatic rings. The van der Waals surface area contributed by atoms with E-state index in [2.05, 4.69) is 10.1 Å². The van der Waals surface area contributed by atoms with Crippen LogP contribution in [0.1, 0.15) is 30.7 Å². The van der Waals surface area contributed by atoms with E-state index in [4.69, 9.17) is 0 Å². The Morgan fingerprint density at radius 3 is 2.75 bits per heavy atom. The van der Waals surface area contributed by atoms with Gasteiger partial charge in [-0.3, -0.25) is 19.7 Å². The maximum atomic E-state index is 13.4. The summed E-state index contributed by atoms with van der Waals surface area (Å²) in [4.78, 5) is 42.1. The number of H-pyrrole nitrogens is 1. The van der Waals surface area contributed by atoms with E-state index in [0.717, 1.165) is 27.2 Å². The second kappa shape index (κ2) is 7.01. The molecule has 0 bridgehead atoms. The molecule has 2 aromatic carbocycles. The van der Waals surface area contributed by atoms with E-state index < -0.39 is 16.5 Å². The first-order valence-corrected chi connectivity index (χ1v) is 10.3. The van der Waals surface area contributed by atoms with Gasteiger partial charge in [0.25, 0.3) is 11.6 Å². The van der Waals surface area contributed by atoms with E-state index in [-0.39, 0.29) is 24.0 Å². The maximum absolute atomic E-state index is 13.4. The van der Waals surface area contributed by atoms with Crippen LogP contribution in [0.2, 0.25) is 0 Å². The van der Waals surface area contributed by atoms with Crippen molar-refractivity contribution in [2.75, 3.05) is 6.54 Å². The molecule has 1 saturated heterocycles. The molecule has 1 aromatic heterocycles. The molecule has 1 atom stereocenters. The van der Waals surface area contributed by atoms with E-state index in [0.29, 0.717) is 12.0 Å². The molecule has 1 N–H and O–H groups in total. The fourth-order valence-electron chi connectivity index (χ4n) is 4.82. The van der Waals surface area contributed by atoms with Crippen LogP contribution in [0.5, 0.6) is 0 Å². The molecular formula is C23H21N5O4. The maximum Gasteiger partial charge on any atom is 0.270 e. The number of non-ortho nitro benzene ring substituents is 1. The first kappa shape index (κ1) is 19.9. The number of aromatic nitrogens is 1. The number of nitro groups is 1. The molecule has 9 heteroatoms. The lowest BCUT2D eigenvalue weighted by Gasteiger charge is -2.50. The molecule has 0 radical (unpaired) electrons. The van der Waals surface area contributed by atoms with Crippen LogP contribution in [-0.4, -0.2) is 50.4 Å². The number of amides is 2. The highest BCUT2D eigenvalue weighted by Gasteiger charge is 2.51. The number of benzene rings is 2. The highest BCUT2D eigenvalue weighted by molar-refractivity contribution is 5.98. The number of nitrogens with zero attached hydrogens (tertiary/aromatic N) is 4. The third-order valence-electron chi connectivity index (χ3n) is 6.26. The Labute approximate surface area is 183 Å². The highest BCUT2D eigenvalue weighted by atomic mass is 16.6. The number of aromatic amines is 1. The van der Waals surface area contributed by atoms with E-state index in [1.807, 2.05) is 38.1 Å². The Balaban J connectivity index is 1.49. The first-order valence-electron chi connectivity index (χ1n) is 10.3. The van der Waals surface area contributed by atoms with Gasteiger partial charge in [-0.05, 0) is 25.5 Å². The molecule has 0 aliphatic carbocycles. The van der Waals surface area contributed by atoms with E-state index >= 15 is 0 Å². The van der Waals surface area contributed by atoms with Crippen molar-refractivity contribution >= 4 is 34.6 Å². The minimum absolute atomic E-state index is 0.0675. The summed E-state index contributed by atoms with van der Waals surface area (Å²) < 4.78 is 0. The number of hydrogen-bond acceptors (Lipinski definition) is 5. The number of rotatable bonds is 3. The van der Waals surface area contributed by atoms with Gasteiger partial charge in [0.1, 0.15) is 12.6 Å². The normalized spacial score (nSPS) is 20.0. The molecule has 1 fully saturated rings. The van der Waals surface area contributed by atoms with Crippen molar-refractivity contribution in [3.63, 3.8) is 0 Å². The van der Waals surface area contributed by atoms with Crippen molar-refractivity contribution in [1.29, 1.82) is 0 Å². The monoisotopic (exact) mass is 431 g/mol. The Kier molecular flexibility index (Phi) is 4.37. The van der Waals surface area contributed by atoms with Crippen molar-refractivity contribution in [3.05, 3.63) is 75.5 Å². The second-order valence-electron chi connectivity index (χ2n) is 8.56. The van der Waals surface area contributed by atoms with Crippen molar-refractivity contribution in [2.45, 2.75) is 31.8 Å². The fraction of sp³-hybridized carbons (Fsp3) is 0.261. The van der Waals surface area contributed by atoms with Crippen LogP contribution in [0.4, 0.5) is 5.69 Å². The Hall–Kier alpha value is -4.01. The lowest BCUT2D eigenvalue weighted by atomic mass is 9.82. The predicted octanol–water partition coefficient (Wildman–Crippen LogP) is 2.94. The molecule has 3 heterocycles. The quantitative estimate of drug-likeness (QED) is 0.390. The average molecular weight is 431 g/mol. The molecule has 32 heavy (non-hydrogen) atoms. The van der Waals surface area contributed by atoms with E-state index in [1.54, 1.807) is 17.0 Å². The number of hydrogen-bond donors (Lipinski definition) is 1. The van der Waals surface area contributed by atoms with Crippen LogP contribution in [0, 0.1) is 10.1 Å². The number of carbonyl (C=O) groups is 2. The Bertz CT molecular complexity index is 1310. The highest BCUT2D eigenvalue weighted by Crippen LogP contribution is 2.42. The summed E-state index contributed by atoms with van der Waals surface area (Å²) in [5.74, 6) is -0.463. The van der Waals surface area contributed by atoms with Gasteiger partial charge in [0.15, 0.2) is 0 Å². The number of fused-ring (bicyclic) bond motifs is 4. The van der Waals surface area contributed by atoms with Crippen LogP contribution < -0.4 is 0 Å². The van der Waals surface area contributed by atoms with Crippen molar-refractivity contribution in [1.82, 2.24) is 14.9 Å². The third-order valence-corrected chi connectivity index (χ3v) is 6.26. The van der Waals surface area contributed by atoms with Crippen LogP contribution in [0.3, 0.4) is 0 Å². The first-order chi connectivity index (χ1) is 15.3. The van der Waals surface area contributed by atoms with Crippen LogP contribution in [-0.2, 0) is 21.5 Å². The van der Waals surface area contributed by atoms with Gasteiger partial charge in [0.05, 0.1) is 16.7 Å². The zero-order chi connectivity index (χ0) is 22.6. The summed E-state index contributed by atoms with van der Waals surface area (Å²) in [5, 5.41) is 17.4. The smallest absolute Gasteiger partial charge is 0.270 e. The zero-order valence-electron chi connectivity index (χ0n) is 17.6. The summed E-state index contributed by atoms with van der Waals surface area (Å²) in [6.07, 6.45) is 1.77. The summed E-state index contributed by atoms with van der Waals surface area (Å²) >= 11 is 0. The molecule has 2 aliphatic heterocycles. The van der Waals surface area contributed by atoms with Gasteiger partial charge >= 0.3 is 0 Å². The summed E-state index contributed by atoms with van der Waals surface area (Å²) in [7, 11) is 0. The summed E-state index contributed by atoms with van der Waals surface area (Å²) in [5.41, 5.74) is 2.69. The lowest BCUT2D eigenvalue weighted by molar-refractivity contribution is -0.384. The second-order valence-corrected chi connectivity index (χ2v) is 8.56.